The zero-order chi connectivity index (χ0) is 15.8. The van der Waals surface area contributed by atoms with Crippen molar-refractivity contribution in [2.75, 3.05) is 33.3 Å². The van der Waals surface area contributed by atoms with Crippen molar-refractivity contribution in [2.24, 2.45) is 4.99 Å². The molecule has 1 fully saturated rings. The summed E-state index contributed by atoms with van der Waals surface area (Å²) >= 11 is 1.75. The summed E-state index contributed by atoms with van der Waals surface area (Å²) in [7, 11) is 1.86. The van der Waals surface area contributed by atoms with Crippen LogP contribution in [0.25, 0.3) is 0 Å². The summed E-state index contributed by atoms with van der Waals surface area (Å²) in [6.45, 7) is 7.92. The molecule has 0 atom stereocenters. The highest BCUT2D eigenvalue weighted by molar-refractivity contribution is 14.0. The molecular weight excluding hydrogens is 423 g/mol. The number of rotatable bonds is 6. The smallest absolute Gasteiger partial charge is 0.193 e. The molecule has 132 valence electrons. The first-order chi connectivity index (χ1) is 10.7. The summed E-state index contributed by atoms with van der Waals surface area (Å²) in [5.41, 5.74) is 1.13. The summed E-state index contributed by atoms with van der Waals surface area (Å²) in [6.07, 6.45) is 4.73. The standard InChI is InChI=1S/C16H28N4OS.HI/c1-4-21-14-7-10-20(11-8-14)16(17-3)18-9-5-6-15-19-13(2)12-22-15;/h12,14H,4-11H2,1-3H3,(H,17,18);1H. The lowest BCUT2D eigenvalue weighted by Gasteiger charge is -2.34. The quantitative estimate of drug-likeness (QED) is 0.312. The SMILES string of the molecule is CCOC1CCN(C(=NC)NCCCc2nc(C)cs2)CC1.I. The molecule has 1 aliphatic heterocycles. The van der Waals surface area contributed by atoms with Crippen LogP contribution in [0.1, 0.15) is 36.9 Å². The van der Waals surface area contributed by atoms with E-state index in [4.69, 9.17) is 4.74 Å². The molecule has 5 nitrogen and oxygen atoms in total. The minimum atomic E-state index is 0. The van der Waals surface area contributed by atoms with E-state index in [0.717, 1.165) is 63.6 Å². The first-order valence-corrected chi connectivity index (χ1v) is 9.09. The van der Waals surface area contributed by atoms with Crippen LogP contribution >= 0.6 is 35.3 Å². The van der Waals surface area contributed by atoms with Crippen molar-refractivity contribution >= 4 is 41.3 Å². The van der Waals surface area contributed by atoms with Crippen LogP contribution in [-0.2, 0) is 11.2 Å². The maximum Gasteiger partial charge on any atom is 0.193 e. The van der Waals surface area contributed by atoms with Crippen molar-refractivity contribution < 1.29 is 4.74 Å². The molecule has 0 unspecified atom stereocenters. The van der Waals surface area contributed by atoms with Gasteiger partial charge in [-0.1, -0.05) is 0 Å². The van der Waals surface area contributed by atoms with E-state index >= 15 is 0 Å². The number of guanidine groups is 1. The highest BCUT2D eigenvalue weighted by Crippen LogP contribution is 2.14. The number of aryl methyl sites for hydroxylation is 2. The predicted molar refractivity (Wildman–Crippen MR) is 108 cm³/mol. The van der Waals surface area contributed by atoms with Crippen molar-refractivity contribution in [3.63, 3.8) is 0 Å². The van der Waals surface area contributed by atoms with Crippen molar-refractivity contribution in [1.29, 1.82) is 0 Å². The van der Waals surface area contributed by atoms with Gasteiger partial charge in [0.1, 0.15) is 0 Å². The monoisotopic (exact) mass is 452 g/mol. The molecule has 1 aromatic rings. The molecule has 0 spiro atoms. The van der Waals surface area contributed by atoms with Gasteiger partial charge in [-0.05, 0) is 33.1 Å². The number of nitrogens with zero attached hydrogens (tertiary/aromatic N) is 3. The second-order valence-electron chi connectivity index (χ2n) is 5.60. The van der Waals surface area contributed by atoms with Gasteiger partial charge in [-0.2, -0.15) is 0 Å². The highest BCUT2D eigenvalue weighted by Gasteiger charge is 2.21. The predicted octanol–water partition coefficient (Wildman–Crippen LogP) is 3.08. The van der Waals surface area contributed by atoms with Crippen LogP contribution in [0.4, 0.5) is 0 Å². The molecule has 23 heavy (non-hydrogen) atoms. The number of nitrogens with one attached hydrogen (secondary N) is 1. The van der Waals surface area contributed by atoms with E-state index in [-0.39, 0.29) is 24.0 Å². The van der Waals surface area contributed by atoms with Crippen LogP contribution in [0.5, 0.6) is 0 Å². The van der Waals surface area contributed by atoms with Gasteiger partial charge in [0, 0.05) is 50.8 Å². The second-order valence-corrected chi connectivity index (χ2v) is 6.54. The van der Waals surface area contributed by atoms with Gasteiger partial charge in [-0.15, -0.1) is 35.3 Å². The zero-order valence-corrected chi connectivity index (χ0v) is 17.5. The Hall–Kier alpha value is -0.410. The number of hydrogen-bond acceptors (Lipinski definition) is 4. The normalized spacial score (nSPS) is 16.3. The van der Waals surface area contributed by atoms with Crippen LogP contribution in [0.3, 0.4) is 0 Å². The van der Waals surface area contributed by atoms with E-state index in [1.807, 2.05) is 14.0 Å². The molecule has 0 amide bonds. The van der Waals surface area contributed by atoms with Crippen LogP contribution in [0.2, 0.25) is 0 Å². The van der Waals surface area contributed by atoms with E-state index in [9.17, 15) is 0 Å². The number of aliphatic imine (C=N–C) groups is 1. The molecule has 7 heteroatoms. The number of halogens is 1. The van der Waals surface area contributed by atoms with E-state index in [1.165, 1.54) is 5.01 Å². The van der Waals surface area contributed by atoms with Gasteiger partial charge in [0.25, 0.3) is 0 Å². The number of aromatic nitrogens is 1. The third-order valence-corrected chi connectivity index (χ3v) is 4.90. The van der Waals surface area contributed by atoms with E-state index in [2.05, 4.69) is 32.5 Å². The Morgan fingerprint density at radius 3 is 2.78 bits per heavy atom. The number of ether oxygens (including phenoxy) is 1. The van der Waals surface area contributed by atoms with Gasteiger partial charge in [0.15, 0.2) is 5.96 Å². The Kier molecular flexibility index (Phi) is 10.0. The van der Waals surface area contributed by atoms with Gasteiger partial charge in [0.2, 0.25) is 0 Å². The largest absolute Gasteiger partial charge is 0.378 e. The summed E-state index contributed by atoms with van der Waals surface area (Å²) in [6, 6.07) is 0. The fraction of sp³-hybridized carbons (Fsp3) is 0.750. The van der Waals surface area contributed by atoms with Crippen LogP contribution in [-0.4, -0.2) is 55.2 Å². The molecule has 2 rings (SSSR count). The van der Waals surface area contributed by atoms with E-state index in [0.29, 0.717) is 6.10 Å². The average Bonchev–Trinajstić information content (AvgIpc) is 2.94. The maximum atomic E-state index is 5.70. The third-order valence-electron chi connectivity index (χ3n) is 3.87. The number of thiazole rings is 1. The number of likely N-dealkylation sites (tertiary alicyclic amines) is 1. The molecule has 2 heterocycles. The molecule has 1 N–H and O–H groups in total. The fourth-order valence-corrected chi connectivity index (χ4v) is 3.58. The average molecular weight is 452 g/mol. The molecule has 0 radical (unpaired) electrons. The Morgan fingerprint density at radius 1 is 1.48 bits per heavy atom. The first kappa shape index (κ1) is 20.6. The minimum Gasteiger partial charge on any atom is -0.378 e. The summed E-state index contributed by atoms with van der Waals surface area (Å²) in [5, 5.41) is 6.82. The second kappa shape index (κ2) is 11.2. The lowest BCUT2D eigenvalue weighted by molar-refractivity contribution is 0.0264. The molecule has 0 aromatic carbocycles. The Labute approximate surface area is 160 Å². The van der Waals surface area contributed by atoms with Crippen molar-refractivity contribution in [3.05, 3.63) is 16.1 Å². The van der Waals surface area contributed by atoms with Crippen molar-refractivity contribution in [1.82, 2.24) is 15.2 Å². The van der Waals surface area contributed by atoms with Gasteiger partial charge in [-0.3, -0.25) is 4.99 Å². The molecular formula is C16H29IN4OS. The van der Waals surface area contributed by atoms with Crippen molar-refractivity contribution in [3.8, 4) is 0 Å². The van der Waals surface area contributed by atoms with E-state index in [1.54, 1.807) is 11.3 Å². The summed E-state index contributed by atoms with van der Waals surface area (Å²) in [4.78, 5) is 11.2. The minimum absolute atomic E-state index is 0. The Bertz CT molecular complexity index is 472. The molecule has 0 bridgehead atoms. The molecule has 0 aliphatic carbocycles. The number of hydrogen-bond donors (Lipinski definition) is 1. The summed E-state index contributed by atoms with van der Waals surface area (Å²) < 4.78 is 5.70. The van der Waals surface area contributed by atoms with Crippen LogP contribution < -0.4 is 5.32 Å². The van der Waals surface area contributed by atoms with Gasteiger partial charge in [-0.25, -0.2) is 4.98 Å². The fourth-order valence-electron chi connectivity index (χ4n) is 2.76. The highest BCUT2D eigenvalue weighted by atomic mass is 127. The van der Waals surface area contributed by atoms with Crippen LogP contribution in [0, 0.1) is 6.92 Å². The third kappa shape index (κ3) is 6.93. The lowest BCUT2D eigenvalue weighted by atomic mass is 10.1. The van der Waals surface area contributed by atoms with Gasteiger partial charge >= 0.3 is 0 Å². The van der Waals surface area contributed by atoms with Crippen LogP contribution in [0.15, 0.2) is 10.4 Å². The maximum absolute atomic E-state index is 5.70. The summed E-state index contributed by atoms with van der Waals surface area (Å²) in [5.74, 6) is 1.02. The molecule has 1 aliphatic rings. The first-order valence-electron chi connectivity index (χ1n) is 8.21. The Balaban J connectivity index is 0.00000264. The molecule has 1 saturated heterocycles. The molecule has 0 saturated carbocycles. The van der Waals surface area contributed by atoms with Gasteiger partial charge in [0.05, 0.1) is 11.1 Å². The zero-order valence-electron chi connectivity index (χ0n) is 14.4. The molecule has 1 aromatic heterocycles. The number of piperidine rings is 1. The lowest BCUT2D eigenvalue weighted by Crippen LogP contribution is -2.47. The van der Waals surface area contributed by atoms with Gasteiger partial charge < -0.3 is 15.0 Å². The van der Waals surface area contributed by atoms with Crippen molar-refractivity contribution in [2.45, 2.75) is 45.6 Å². The van der Waals surface area contributed by atoms with E-state index < -0.39 is 0 Å². The Morgan fingerprint density at radius 2 is 2.22 bits per heavy atom. The topological polar surface area (TPSA) is 49.8 Å².